The first-order valence-electron chi connectivity index (χ1n) is 5.20. The Labute approximate surface area is 80.3 Å². The van der Waals surface area contributed by atoms with E-state index in [4.69, 9.17) is 9.31 Å². The van der Waals surface area contributed by atoms with E-state index >= 15 is 0 Å². The van der Waals surface area contributed by atoms with Gasteiger partial charge >= 0.3 is 7.69 Å². The summed E-state index contributed by atoms with van der Waals surface area (Å²) < 4.78 is 11.2. The van der Waals surface area contributed by atoms with Gasteiger partial charge in [0.15, 0.2) is 0 Å². The molecule has 13 heavy (non-hydrogen) atoms. The molecule has 2 bridgehead atoms. The second-order valence-corrected chi connectivity index (χ2v) is 5.56. The Bertz CT molecular complexity index is 253. The van der Waals surface area contributed by atoms with Crippen LogP contribution in [-0.2, 0) is 9.31 Å². The predicted octanol–water partition coefficient (Wildman–Crippen LogP) is 1.76. The fourth-order valence-corrected chi connectivity index (χ4v) is 3.65. The molecule has 0 aromatic heterocycles. The largest absolute Gasteiger partial charge is 0.488 e. The van der Waals surface area contributed by atoms with Gasteiger partial charge < -0.3 is 9.31 Å². The molecule has 71 valence electrons. The molecule has 0 aromatic rings. The van der Waals surface area contributed by atoms with Crippen LogP contribution >= 0.6 is 0 Å². The second kappa shape index (κ2) is 2.14. The number of hydrogen-bond acceptors (Lipinski definition) is 2. The third-order valence-electron chi connectivity index (χ3n) is 4.82. The van der Waals surface area contributed by atoms with Crippen molar-refractivity contribution in [2.45, 2.75) is 45.3 Å². The molecule has 1 aliphatic heterocycles. The van der Waals surface area contributed by atoms with E-state index in [1.54, 1.807) is 7.69 Å². The molecule has 0 amide bonds. The Morgan fingerprint density at radius 2 is 2.00 bits per heavy atom. The highest BCUT2D eigenvalue weighted by Gasteiger charge is 2.65. The van der Waals surface area contributed by atoms with Gasteiger partial charge in [-0.1, -0.05) is 13.8 Å². The fourth-order valence-electron chi connectivity index (χ4n) is 3.65. The summed E-state index contributed by atoms with van der Waals surface area (Å²) in [6.07, 6.45) is 2.83. The van der Waals surface area contributed by atoms with Crippen LogP contribution in [0.25, 0.3) is 0 Å². The van der Waals surface area contributed by atoms with Crippen molar-refractivity contribution >= 4 is 7.69 Å². The third kappa shape index (κ3) is 0.786. The van der Waals surface area contributed by atoms with E-state index < -0.39 is 0 Å². The molecule has 2 nitrogen and oxygen atoms in total. The summed E-state index contributed by atoms with van der Waals surface area (Å²) in [6.45, 7) is 6.95. The zero-order valence-electron chi connectivity index (χ0n) is 8.54. The first-order valence-corrected chi connectivity index (χ1v) is 5.20. The summed E-state index contributed by atoms with van der Waals surface area (Å²) in [5, 5.41) is 0. The van der Waals surface area contributed by atoms with Gasteiger partial charge in [-0.05, 0) is 37.0 Å². The van der Waals surface area contributed by atoms with Crippen molar-refractivity contribution in [3.63, 3.8) is 0 Å². The zero-order chi connectivity index (χ0) is 9.27. The number of hydrogen-bond donors (Lipinski definition) is 0. The van der Waals surface area contributed by atoms with E-state index in [-0.39, 0.29) is 5.60 Å². The van der Waals surface area contributed by atoms with Gasteiger partial charge in [0.2, 0.25) is 0 Å². The molecule has 3 heteroatoms. The van der Waals surface area contributed by atoms with Crippen LogP contribution in [0.3, 0.4) is 0 Å². The van der Waals surface area contributed by atoms with Gasteiger partial charge in [-0.3, -0.25) is 0 Å². The summed E-state index contributed by atoms with van der Waals surface area (Å²) in [7, 11) is 1.56. The molecule has 0 N–H and O–H groups in total. The van der Waals surface area contributed by atoms with Crippen LogP contribution in [0.15, 0.2) is 0 Å². The normalized spacial score (nSPS) is 56.4. The van der Waals surface area contributed by atoms with Gasteiger partial charge in [0.1, 0.15) is 0 Å². The van der Waals surface area contributed by atoms with Gasteiger partial charge in [-0.2, -0.15) is 0 Å². The molecule has 1 heterocycles. The summed E-state index contributed by atoms with van der Waals surface area (Å²) >= 11 is 0. The Hall–Kier alpha value is -0.0151. The molecule has 0 unspecified atom stereocenters. The highest BCUT2D eigenvalue weighted by atomic mass is 16.6. The van der Waals surface area contributed by atoms with Crippen molar-refractivity contribution < 1.29 is 9.31 Å². The van der Waals surface area contributed by atoms with Gasteiger partial charge in [-0.15, -0.1) is 0 Å². The highest BCUT2D eigenvalue weighted by molar-refractivity contribution is 6.19. The van der Waals surface area contributed by atoms with Crippen molar-refractivity contribution in [3.8, 4) is 0 Å². The lowest BCUT2D eigenvalue weighted by Gasteiger charge is -2.64. The molecule has 4 atom stereocenters. The molecule has 4 aliphatic rings. The Kier molecular flexibility index (Phi) is 1.37. The molecule has 1 radical (unpaired) electrons. The zero-order valence-corrected chi connectivity index (χ0v) is 8.54. The lowest BCUT2D eigenvalue weighted by molar-refractivity contribution is -0.199. The van der Waals surface area contributed by atoms with Crippen LogP contribution in [0.5, 0.6) is 0 Å². The van der Waals surface area contributed by atoms with Crippen LogP contribution in [0.4, 0.5) is 0 Å². The second-order valence-electron chi connectivity index (χ2n) is 5.56. The lowest BCUT2D eigenvalue weighted by Crippen LogP contribution is -2.65. The molecule has 4 rings (SSSR count). The van der Waals surface area contributed by atoms with E-state index in [0.717, 1.165) is 5.92 Å². The molecule has 3 saturated carbocycles. The minimum Gasteiger partial charge on any atom is -0.407 e. The quantitative estimate of drug-likeness (QED) is 0.527. The smallest absolute Gasteiger partial charge is 0.407 e. The summed E-state index contributed by atoms with van der Waals surface area (Å²) in [4.78, 5) is 0. The predicted molar refractivity (Wildman–Crippen MR) is 50.1 cm³/mol. The van der Waals surface area contributed by atoms with Crippen molar-refractivity contribution in [2.75, 3.05) is 0 Å². The maximum Gasteiger partial charge on any atom is 0.488 e. The Morgan fingerprint density at radius 1 is 1.23 bits per heavy atom. The van der Waals surface area contributed by atoms with E-state index in [9.17, 15) is 0 Å². The minimum absolute atomic E-state index is 0.0295. The summed E-state index contributed by atoms with van der Waals surface area (Å²) in [6, 6.07) is 0. The van der Waals surface area contributed by atoms with Crippen molar-refractivity contribution in [3.05, 3.63) is 0 Å². The average Bonchev–Trinajstić information content (AvgIpc) is 2.44. The highest BCUT2D eigenvalue weighted by Crippen LogP contribution is 2.65. The third-order valence-corrected chi connectivity index (χ3v) is 4.82. The van der Waals surface area contributed by atoms with Gasteiger partial charge in [0, 0.05) is 0 Å². The average molecular weight is 179 g/mol. The van der Waals surface area contributed by atoms with Crippen LogP contribution in [0.1, 0.15) is 33.6 Å². The maximum absolute atomic E-state index is 5.68. The molecular formula is C10H16BO2. The van der Waals surface area contributed by atoms with Crippen LogP contribution < -0.4 is 0 Å². The van der Waals surface area contributed by atoms with Crippen molar-refractivity contribution in [1.82, 2.24) is 0 Å². The first-order chi connectivity index (χ1) is 6.05. The van der Waals surface area contributed by atoms with E-state index in [2.05, 4.69) is 20.8 Å². The molecule has 0 spiro atoms. The summed E-state index contributed by atoms with van der Waals surface area (Å²) in [5.41, 5.74) is 0.436. The van der Waals surface area contributed by atoms with Crippen molar-refractivity contribution in [1.29, 1.82) is 0 Å². The van der Waals surface area contributed by atoms with Crippen LogP contribution in [0, 0.1) is 17.3 Å². The fraction of sp³-hybridized carbons (Fsp3) is 1.00. The topological polar surface area (TPSA) is 18.5 Å². The van der Waals surface area contributed by atoms with Gasteiger partial charge in [0.05, 0.1) is 11.7 Å². The molecule has 4 fully saturated rings. The first kappa shape index (κ1) is 8.31. The molecule has 1 saturated heterocycles. The SMILES string of the molecule is CC1(C)[C@H]2C[C@@H]3O[B]O[C@]3(C)[C@@H]1C2. The van der Waals surface area contributed by atoms with Crippen molar-refractivity contribution in [2.24, 2.45) is 17.3 Å². The molecule has 0 aromatic carbocycles. The van der Waals surface area contributed by atoms with E-state index in [0.29, 0.717) is 17.4 Å². The number of rotatable bonds is 0. The Balaban J connectivity index is 1.97. The monoisotopic (exact) mass is 179 g/mol. The molecule has 3 aliphatic carbocycles. The van der Waals surface area contributed by atoms with E-state index in [1.807, 2.05) is 0 Å². The maximum atomic E-state index is 5.68. The van der Waals surface area contributed by atoms with Crippen LogP contribution in [0.2, 0.25) is 0 Å². The van der Waals surface area contributed by atoms with E-state index in [1.165, 1.54) is 12.8 Å². The standard InChI is InChI=1S/C10H16BO2/c1-9(2)6-4-7(9)10(3)8(5-6)12-11-13-10/h6-8H,4-5H2,1-3H3/t6-,7-,8+,10-/m1/s1. The Morgan fingerprint density at radius 3 is 2.69 bits per heavy atom. The molecular weight excluding hydrogens is 163 g/mol. The van der Waals surface area contributed by atoms with Gasteiger partial charge in [-0.25, -0.2) is 0 Å². The minimum atomic E-state index is -0.0295. The van der Waals surface area contributed by atoms with Gasteiger partial charge in [0.25, 0.3) is 0 Å². The summed E-state index contributed by atoms with van der Waals surface area (Å²) in [5.74, 6) is 1.54. The van der Waals surface area contributed by atoms with Crippen LogP contribution in [-0.4, -0.2) is 19.4 Å². The lowest BCUT2D eigenvalue weighted by atomic mass is 9.43.